The molecule has 1 heterocycles. The summed E-state index contributed by atoms with van der Waals surface area (Å²) in [5.41, 5.74) is 0.714. The van der Waals surface area contributed by atoms with Gasteiger partial charge in [0.15, 0.2) is 0 Å². The topological polar surface area (TPSA) is 57.7 Å². The van der Waals surface area contributed by atoms with E-state index in [2.05, 4.69) is 0 Å². The Morgan fingerprint density at radius 3 is 2.17 bits per heavy atom. The summed E-state index contributed by atoms with van der Waals surface area (Å²) in [6.07, 6.45) is 1.74. The molecule has 0 aliphatic carbocycles. The molecule has 0 unspecified atom stereocenters. The first kappa shape index (κ1) is 16.9. The lowest BCUT2D eigenvalue weighted by atomic mass is 9.95. The lowest BCUT2D eigenvalue weighted by molar-refractivity contribution is -0.135. The van der Waals surface area contributed by atoms with Gasteiger partial charge in [-0.25, -0.2) is 4.79 Å². The van der Waals surface area contributed by atoms with E-state index in [1.807, 2.05) is 30.3 Å². The van der Waals surface area contributed by atoms with Gasteiger partial charge in [0.25, 0.3) is 5.91 Å². The minimum absolute atomic E-state index is 0.236. The molecule has 0 radical (unpaired) electrons. The highest BCUT2D eigenvalue weighted by Gasteiger charge is 2.40. The molecule has 5 nitrogen and oxygen atoms in total. The first-order valence-electron chi connectivity index (χ1n) is 7.63. The van der Waals surface area contributed by atoms with Crippen LogP contribution in [0.4, 0.5) is 4.79 Å². The smallest absolute Gasteiger partial charge is 0.274 e. The fourth-order valence-corrected chi connectivity index (χ4v) is 2.39. The number of benzene rings is 1. The summed E-state index contributed by atoms with van der Waals surface area (Å²) in [5.74, 6) is -0.620. The van der Waals surface area contributed by atoms with Crippen molar-refractivity contribution in [2.24, 2.45) is 5.41 Å². The van der Waals surface area contributed by atoms with Gasteiger partial charge >= 0.3 is 6.03 Å². The van der Waals surface area contributed by atoms with Crippen molar-refractivity contribution >= 4 is 23.9 Å². The van der Waals surface area contributed by atoms with E-state index >= 15 is 0 Å². The quantitative estimate of drug-likeness (QED) is 0.789. The Bertz CT molecular complexity index is 657. The molecule has 23 heavy (non-hydrogen) atoms. The van der Waals surface area contributed by atoms with E-state index in [0.717, 1.165) is 15.4 Å². The van der Waals surface area contributed by atoms with Gasteiger partial charge in [0, 0.05) is 24.1 Å². The fourth-order valence-electron chi connectivity index (χ4n) is 2.39. The minimum atomic E-state index is -0.649. The number of carbonyl (C=O) groups excluding carboxylic acids is 3. The van der Waals surface area contributed by atoms with E-state index in [0.29, 0.717) is 5.57 Å². The summed E-state index contributed by atoms with van der Waals surface area (Å²) in [5, 5.41) is 0. The first-order chi connectivity index (χ1) is 10.7. The number of imide groups is 2. The Morgan fingerprint density at radius 1 is 1.04 bits per heavy atom. The SMILES string of the molecule is C/C(=C\c1ccccc1)C(=O)N1CCN(C(=O)C(C)(C)C)C1=O. The summed E-state index contributed by atoms with van der Waals surface area (Å²) in [4.78, 5) is 39.4. The van der Waals surface area contributed by atoms with Crippen LogP contribution in [0.5, 0.6) is 0 Å². The molecular weight excluding hydrogens is 292 g/mol. The molecule has 4 amide bonds. The number of amides is 4. The van der Waals surface area contributed by atoms with E-state index < -0.39 is 11.4 Å². The number of urea groups is 1. The third kappa shape index (κ3) is 3.67. The molecule has 1 fully saturated rings. The Labute approximate surface area is 136 Å². The second-order valence-corrected chi connectivity index (χ2v) is 6.68. The molecule has 0 aromatic heterocycles. The van der Waals surface area contributed by atoms with Crippen LogP contribution in [0.3, 0.4) is 0 Å². The van der Waals surface area contributed by atoms with Crippen molar-refractivity contribution in [2.75, 3.05) is 13.1 Å². The van der Waals surface area contributed by atoms with Crippen molar-refractivity contribution < 1.29 is 14.4 Å². The van der Waals surface area contributed by atoms with Gasteiger partial charge < -0.3 is 0 Å². The summed E-state index contributed by atoms with van der Waals surface area (Å²) in [6.45, 7) is 7.44. The summed E-state index contributed by atoms with van der Waals surface area (Å²) >= 11 is 0. The van der Waals surface area contributed by atoms with Gasteiger partial charge in [0.05, 0.1) is 0 Å². The van der Waals surface area contributed by atoms with Gasteiger partial charge in [-0.1, -0.05) is 51.1 Å². The van der Waals surface area contributed by atoms with Crippen molar-refractivity contribution in [3.05, 3.63) is 41.5 Å². The maximum Gasteiger partial charge on any atom is 0.333 e. The normalized spacial score (nSPS) is 16.0. The Kier molecular flexibility index (Phi) is 4.68. The average Bonchev–Trinajstić information content (AvgIpc) is 2.87. The monoisotopic (exact) mass is 314 g/mol. The van der Waals surface area contributed by atoms with Gasteiger partial charge in [0.2, 0.25) is 5.91 Å². The first-order valence-corrected chi connectivity index (χ1v) is 7.63. The van der Waals surface area contributed by atoms with Crippen molar-refractivity contribution in [1.82, 2.24) is 9.80 Å². The van der Waals surface area contributed by atoms with E-state index in [1.54, 1.807) is 33.8 Å². The van der Waals surface area contributed by atoms with Gasteiger partial charge in [-0.05, 0) is 18.6 Å². The number of hydrogen-bond donors (Lipinski definition) is 0. The zero-order valence-corrected chi connectivity index (χ0v) is 14.0. The van der Waals surface area contributed by atoms with Crippen LogP contribution in [0.1, 0.15) is 33.3 Å². The predicted octanol–water partition coefficient (Wildman–Crippen LogP) is 2.93. The molecule has 122 valence electrons. The number of nitrogens with zero attached hydrogens (tertiary/aromatic N) is 2. The third-order valence-corrected chi connectivity index (χ3v) is 3.66. The molecule has 1 aliphatic rings. The zero-order chi connectivity index (χ0) is 17.2. The lowest BCUT2D eigenvalue weighted by Crippen LogP contribution is -2.43. The molecule has 0 spiro atoms. The molecule has 1 aromatic rings. The van der Waals surface area contributed by atoms with Crippen LogP contribution in [-0.4, -0.2) is 40.7 Å². The Morgan fingerprint density at radius 2 is 1.61 bits per heavy atom. The van der Waals surface area contributed by atoms with Crippen LogP contribution >= 0.6 is 0 Å². The van der Waals surface area contributed by atoms with E-state index in [4.69, 9.17) is 0 Å². The van der Waals surface area contributed by atoms with Crippen LogP contribution in [0, 0.1) is 5.41 Å². The molecule has 0 bridgehead atoms. The molecule has 1 aliphatic heterocycles. The maximum absolute atomic E-state index is 12.5. The average molecular weight is 314 g/mol. The second kappa shape index (κ2) is 6.36. The molecule has 2 rings (SSSR count). The minimum Gasteiger partial charge on any atom is -0.274 e. The zero-order valence-electron chi connectivity index (χ0n) is 14.0. The van der Waals surface area contributed by atoms with Crippen molar-refractivity contribution in [3.8, 4) is 0 Å². The van der Waals surface area contributed by atoms with Gasteiger partial charge in [-0.15, -0.1) is 0 Å². The van der Waals surface area contributed by atoms with Gasteiger partial charge in [-0.2, -0.15) is 0 Å². The standard InChI is InChI=1S/C18H22N2O3/c1-13(12-14-8-6-5-7-9-14)15(21)19-10-11-20(17(19)23)16(22)18(2,3)4/h5-9,12H,10-11H2,1-4H3/b13-12+. The molecule has 1 aromatic carbocycles. The number of hydrogen-bond acceptors (Lipinski definition) is 3. The molecule has 1 saturated heterocycles. The molecule has 0 atom stereocenters. The highest BCUT2D eigenvalue weighted by molar-refractivity contribution is 6.10. The van der Waals surface area contributed by atoms with Gasteiger partial charge in [0.1, 0.15) is 0 Å². The van der Waals surface area contributed by atoms with Crippen LogP contribution in [-0.2, 0) is 9.59 Å². The third-order valence-electron chi connectivity index (χ3n) is 3.66. The molecule has 5 heteroatoms. The van der Waals surface area contributed by atoms with Crippen LogP contribution in [0.15, 0.2) is 35.9 Å². The van der Waals surface area contributed by atoms with E-state index in [1.165, 1.54) is 0 Å². The van der Waals surface area contributed by atoms with Gasteiger partial charge in [-0.3, -0.25) is 19.4 Å². The maximum atomic E-state index is 12.5. The largest absolute Gasteiger partial charge is 0.333 e. The number of rotatable bonds is 2. The molecule has 0 N–H and O–H groups in total. The molecule has 0 saturated carbocycles. The summed E-state index contributed by atoms with van der Waals surface area (Å²) in [6, 6.07) is 8.91. The van der Waals surface area contributed by atoms with Crippen molar-refractivity contribution in [2.45, 2.75) is 27.7 Å². The van der Waals surface area contributed by atoms with Crippen LogP contribution in [0.2, 0.25) is 0 Å². The predicted molar refractivity (Wildman–Crippen MR) is 88.4 cm³/mol. The van der Waals surface area contributed by atoms with Crippen LogP contribution < -0.4 is 0 Å². The Balaban J connectivity index is 2.14. The Hall–Kier alpha value is -2.43. The van der Waals surface area contributed by atoms with Crippen molar-refractivity contribution in [3.63, 3.8) is 0 Å². The summed E-state index contributed by atoms with van der Waals surface area (Å²) in [7, 11) is 0. The van der Waals surface area contributed by atoms with Crippen LogP contribution in [0.25, 0.3) is 6.08 Å². The highest BCUT2D eigenvalue weighted by Crippen LogP contribution is 2.22. The molecular formula is C18H22N2O3. The summed E-state index contributed by atoms with van der Waals surface area (Å²) < 4.78 is 0. The van der Waals surface area contributed by atoms with Crippen molar-refractivity contribution in [1.29, 1.82) is 0 Å². The van der Waals surface area contributed by atoms with E-state index in [9.17, 15) is 14.4 Å². The fraction of sp³-hybridized carbons (Fsp3) is 0.389. The highest BCUT2D eigenvalue weighted by atomic mass is 16.2. The second-order valence-electron chi connectivity index (χ2n) is 6.68. The van der Waals surface area contributed by atoms with E-state index in [-0.39, 0.29) is 24.9 Å². The lowest BCUT2D eigenvalue weighted by Gasteiger charge is -2.24. The number of carbonyl (C=O) groups is 3.